The number of likely N-dealkylation sites (tertiary alicyclic amines) is 1. The van der Waals surface area contributed by atoms with Crippen LogP contribution in [0, 0.1) is 0 Å². The van der Waals surface area contributed by atoms with Gasteiger partial charge in [0.25, 0.3) is 0 Å². The van der Waals surface area contributed by atoms with Crippen LogP contribution in [0.3, 0.4) is 0 Å². The number of hydrogen-bond acceptors (Lipinski definition) is 3. The lowest BCUT2D eigenvalue weighted by atomic mass is 10.0. The summed E-state index contributed by atoms with van der Waals surface area (Å²) in [4.78, 5) is 29.3. The number of rotatable bonds is 5. The van der Waals surface area contributed by atoms with Gasteiger partial charge in [-0.2, -0.15) is 0 Å². The first kappa shape index (κ1) is 17.0. The standard InChI is InChI=1S/C22H24ClN5O2/c23-15-6-7-20-18(14-15)25-22(30)28(20)16-8-12-26(13-9-16)10-3-11-27-19-5-2-1-4-17(19)24-21(27)29/h1-2,4-7,14,16H,3,8-13H2,(H,24,29)(H,25,30)/i/hD2. The lowest BCUT2D eigenvalue weighted by Gasteiger charge is -2.32. The van der Waals surface area contributed by atoms with E-state index in [2.05, 4.69) is 4.90 Å². The van der Waals surface area contributed by atoms with E-state index >= 15 is 0 Å². The number of piperidine rings is 1. The lowest BCUT2D eigenvalue weighted by Crippen LogP contribution is -2.37. The fourth-order valence-corrected chi connectivity index (χ4v) is 4.69. The molecule has 0 aliphatic carbocycles. The van der Waals surface area contributed by atoms with Crippen molar-refractivity contribution >= 4 is 33.7 Å². The number of aromatic nitrogens is 4. The van der Waals surface area contributed by atoms with Crippen molar-refractivity contribution < 1.29 is 2.82 Å². The van der Waals surface area contributed by atoms with Crippen molar-refractivity contribution in [1.82, 2.24) is 24.0 Å². The van der Waals surface area contributed by atoms with Gasteiger partial charge in [-0.25, -0.2) is 9.59 Å². The molecule has 0 bridgehead atoms. The molecule has 0 radical (unpaired) electrons. The number of halogens is 1. The molecule has 2 aromatic carbocycles. The van der Waals surface area contributed by atoms with Crippen molar-refractivity contribution in [1.29, 1.82) is 0 Å². The lowest BCUT2D eigenvalue weighted by molar-refractivity contribution is 0.183. The van der Waals surface area contributed by atoms with Crippen LogP contribution in [0.1, 0.15) is 25.3 Å². The van der Waals surface area contributed by atoms with Crippen LogP contribution in [0.25, 0.3) is 22.1 Å². The molecule has 0 saturated carbocycles. The molecule has 0 atom stereocenters. The Balaban J connectivity index is 1.24. The predicted molar refractivity (Wildman–Crippen MR) is 119 cm³/mol. The Hall–Kier alpha value is -2.77. The highest BCUT2D eigenvalue weighted by Gasteiger charge is 2.23. The highest BCUT2D eigenvalue weighted by molar-refractivity contribution is 6.31. The summed E-state index contributed by atoms with van der Waals surface area (Å²) < 4.78 is 19.4. The summed E-state index contributed by atoms with van der Waals surface area (Å²) in [6, 6.07) is 12.7. The van der Waals surface area contributed by atoms with Crippen LogP contribution < -0.4 is 11.4 Å². The molecule has 4 aromatic rings. The second kappa shape index (κ2) is 7.81. The first-order chi connectivity index (χ1) is 15.5. The van der Waals surface area contributed by atoms with E-state index in [0.717, 1.165) is 59.9 Å². The maximum Gasteiger partial charge on any atom is 0.326 e. The van der Waals surface area contributed by atoms with E-state index in [1.54, 1.807) is 27.3 Å². The molecule has 5 rings (SSSR count). The number of para-hydroxylation sites is 2. The Morgan fingerprint density at radius 2 is 1.73 bits per heavy atom. The summed E-state index contributed by atoms with van der Waals surface area (Å²) in [6.45, 7) is 3.12. The van der Waals surface area contributed by atoms with Crippen molar-refractivity contribution in [3.05, 3.63) is 68.5 Å². The topological polar surface area (TPSA) is 78.8 Å². The van der Waals surface area contributed by atoms with Gasteiger partial charge < -0.3 is 14.9 Å². The number of imidazole rings is 2. The number of benzene rings is 2. The van der Waals surface area contributed by atoms with E-state index in [-0.39, 0.29) is 17.4 Å². The van der Waals surface area contributed by atoms with E-state index < -0.39 is 0 Å². The fourth-order valence-electron chi connectivity index (χ4n) is 4.53. The minimum atomic E-state index is -0.327. The Kier molecular flexibility index (Phi) is 4.42. The smallest absolute Gasteiger partial charge is 0.306 e. The molecule has 30 heavy (non-hydrogen) atoms. The van der Waals surface area contributed by atoms with Gasteiger partial charge in [-0.05, 0) is 56.1 Å². The summed E-state index contributed by atoms with van der Waals surface area (Å²) in [5.74, 6) is 0. The third kappa shape index (κ3) is 3.48. The Labute approximate surface area is 180 Å². The Bertz CT molecular complexity index is 1410. The van der Waals surface area contributed by atoms with Crippen molar-refractivity contribution in [3.8, 4) is 0 Å². The first-order valence-electron chi connectivity index (χ1n) is 11.2. The average molecular weight is 428 g/mol. The van der Waals surface area contributed by atoms with Crippen molar-refractivity contribution in [3.63, 3.8) is 0 Å². The molecule has 156 valence electrons. The van der Waals surface area contributed by atoms with Gasteiger partial charge in [0.2, 0.25) is 0 Å². The third-order valence-corrected chi connectivity index (χ3v) is 6.25. The van der Waals surface area contributed by atoms with Gasteiger partial charge in [0.1, 0.15) is 0 Å². The number of nitrogens with one attached hydrogen (secondary N) is 2. The zero-order valence-electron chi connectivity index (χ0n) is 18.5. The van der Waals surface area contributed by atoms with E-state index in [0.29, 0.717) is 22.6 Å². The number of nitrogens with zero attached hydrogens (tertiary/aromatic N) is 3. The van der Waals surface area contributed by atoms with Gasteiger partial charge >= 0.3 is 11.4 Å². The molecule has 1 saturated heterocycles. The van der Waals surface area contributed by atoms with Gasteiger partial charge in [-0.1, -0.05) is 23.7 Å². The second-order valence-electron chi connectivity index (χ2n) is 7.86. The number of hydrogen-bond donors (Lipinski definition) is 2. The van der Waals surface area contributed by atoms with Crippen LogP contribution in [0.2, 0.25) is 7.85 Å². The van der Waals surface area contributed by atoms with Gasteiger partial charge in [0.15, 0.2) is 2.82 Å². The quantitative estimate of drug-likeness (QED) is 0.512. The minimum absolute atomic E-state index is 0.0536. The second-order valence-corrected chi connectivity index (χ2v) is 8.29. The predicted octanol–water partition coefficient (Wildman–Crippen LogP) is 3.35. The zero-order chi connectivity index (χ0) is 22.4. The summed E-state index contributed by atoms with van der Waals surface area (Å²) in [6.07, 6.45) is 2.46. The highest BCUT2D eigenvalue weighted by atomic mass is 35.5. The number of H-pyrrole nitrogens is 2. The molecular weight excluding hydrogens is 402 g/mol. The molecule has 0 amide bonds. The monoisotopic (exact) mass is 427 g/mol. The summed E-state index contributed by atoms with van der Waals surface area (Å²) in [7, 11) is 0. The molecule has 7 nitrogen and oxygen atoms in total. The molecule has 0 unspecified atom stereocenters. The van der Waals surface area contributed by atoms with Crippen LogP contribution in [-0.4, -0.2) is 43.6 Å². The van der Waals surface area contributed by atoms with Gasteiger partial charge in [0.05, 0.1) is 22.1 Å². The van der Waals surface area contributed by atoms with Crippen LogP contribution in [0.5, 0.6) is 0 Å². The molecule has 3 heterocycles. The van der Waals surface area contributed by atoms with E-state index in [4.69, 9.17) is 14.4 Å². The minimum Gasteiger partial charge on any atom is -0.306 e. The van der Waals surface area contributed by atoms with Crippen molar-refractivity contribution in [2.75, 3.05) is 19.6 Å². The molecule has 8 heteroatoms. The van der Waals surface area contributed by atoms with Crippen molar-refractivity contribution in [2.24, 2.45) is 0 Å². The van der Waals surface area contributed by atoms with E-state index in [9.17, 15) is 9.59 Å². The fraction of sp³-hybridized carbons (Fsp3) is 0.364. The third-order valence-electron chi connectivity index (χ3n) is 6.02. The molecule has 1 fully saturated rings. The summed E-state index contributed by atoms with van der Waals surface area (Å²) in [5, 5.41) is 0.512. The maximum absolute atomic E-state index is 12.7. The summed E-state index contributed by atoms with van der Waals surface area (Å²) in [5.41, 5.74) is 2.06. The summed E-state index contributed by atoms with van der Waals surface area (Å²) >= 11 is 6.05. The van der Waals surface area contributed by atoms with Crippen LogP contribution in [0.15, 0.2) is 52.1 Å². The number of aromatic amines is 2. The van der Waals surface area contributed by atoms with Crippen molar-refractivity contribution in [2.45, 2.75) is 31.8 Å². The zero-order valence-corrected chi connectivity index (χ0v) is 17.3. The molecule has 1 aliphatic heterocycles. The Morgan fingerprint density at radius 3 is 2.57 bits per heavy atom. The molecule has 2 N–H and O–H groups in total. The van der Waals surface area contributed by atoms with Crippen LogP contribution in [-0.2, 0) is 6.54 Å². The Morgan fingerprint density at radius 1 is 0.967 bits per heavy atom. The van der Waals surface area contributed by atoms with E-state index in [1.807, 2.05) is 24.3 Å². The van der Waals surface area contributed by atoms with Gasteiger partial charge in [-0.3, -0.25) is 9.13 Å². The van der Waals surface area contributed by atoms with Crippen LogP contribution >= 0.6 is 11.6 Å². The maximum atomic E-state index is 12.7. The largest absolute Gasteiger partial charge is 0.326 e. The number of fused-ring (bicyclic) bond motifs is 2. The number of aryl methyl sites for hydroxylation is 1. The average Bonchev–Trinajstić information content (AvgIpc) is 3.20. The van der Waals surface area contributed by atoms with E-state index in [1.165, 1.54) is 0 Å². The molecule has 2 aromatic heterocycles. The first-order valence-corrected chi connectivity index (χ1v) is 10.7. The van der Waals surface area contributed by atoms with Gasteiger partial charge in [0, 0.05) is 30.7 Å². The SMILES string of the molecule is [2H]n1c(=O)n(CCCN2CCC(n3c(=O)n([2H])c4cc(Cl)ccc43)CC2)c2ccccc21. The highest BCUT2D eigenvalue weighted by Crippen LogP contribution is 2.26. The molecular formula is C22H24ClN5O2. The molecule has 1 aliphatic rings. The van der Waals surface area contributed by atoms with Crippen LogP contribution in [0.4, 0.5) is 0 Å². The van der Waals surface area contributed by atoms with Gasteiger partial charge in [-0.15, -0.1) is 0 Å². The molecule has 0 spiro atoms. The normalized spacial score (nSPS) is 17.0.